The number of thiazole rings is 1. The number of carbonyl (C=O) groups is 1. The molecular formula is C13H15BrN2O2S. The van der Waals surface area contributed by atoms with Gasteiger partial charge >= 0.3 is 5.97 Å². The third-order valence-electron chi connectivity index (χ3n) is 4.92. The minimum absolute atomic E-state index is 0.282. The van der Waals surface area contributed by atoms with Gasteiger partial charge in [0.05, 0.1) is 0 Å². The van der Waals surface area contributed by atoms with Crippen LogP contribution in [0.4, 0.5) is 0 Å². The average molecular weight is 343 g/mol. The molecule has 1 saturated carbocycles. The number of rotatable bonds is 2. The molecule has 3 saturated heterocycles. The first kappa shape index (κ1) is 12.3. The van der Waals surface area contributed by atoms with E-state index in [0.29, 0.717) is 21.7 Å². The Balaban J connectivity index is 1.74. The molecule has 4 heterocycles. The summed E-state index contributed by atoms with van der Waals surface area (Å²) >= 11 is 4.88. The molecule has 6 heteroatoms. The lowest BCUT2D eigenvalue weighted by molar-refractivity contribution is -0.0350. The van der Waals surface area contributed by atoms with Gasteiger partial charge in [0, 0.05) is 30.4 Å². The first-order chi connectivity index (χ1) is 9.11. The molecule has 5 rings (SSSR count). The number of aromatic nitrogens is 1. The highest BCUT2D eigenvalue weighted by Crippen LogP contribution is 2.53. The second-order valence-electron chi connectivity index (χ2n) is 6.09. The predicted octanol–water partition coefficient (Wildman–Crippen LogP) is 2.66. The van der Waals surface area contributed by atoms with Gasteiger partial charge in [0.1, 0.15) is 0 Å². The van der Waals surface area contributed by atoms with Crippen LogP contribution in [0.2, 0.25) is 0 Å². The Kier molecular flexibility index (Phi) is 2.76. The third kappa shape index (κ3) is 1.87. The Labute approximate surface area is 124 Å². The summed E-state index contributed by atoms with van der Waals surface area (Å²) in [4.78, 5) is 19.1. The molecule has 4 fully saturated rings. The fourth-order valence-corrected chi connectivity index (χ4v) is 6.29. The van der Waals surface area contributed by atoms with Crippen molar-refractivity contribution in [3.05, 3.63) is 14.5 Å². The van der Waals surface area contributed by atoms with Crippen LogP contribution in [0.25, 0.3) is 0 Å². The van der Waals surface area contributed by atoms with Crippen molar-refractivity contribution in [3.8, 4) is 0 Å². The van der Waals surface area contributed by atoms with Gasteiger partial charge in [0.2, 0.25) is 0 Å². The lowest BCUT2D eigenvalue weighted by Gasteiger charge is -2.55. The van der Waals surface area contributed by atoms with Gasteiger partial charge in [-0.25, -0.2) is 9.78 Å². The van der Waals surface area contributed by atoms with Crippen LogP contribution in [-0.2, 0) is 0 Å². The highest BCUT2D eigenvalue weighted by Gasteiger charge is 2.49. The molecule has 1 aromatic rings. The zero-order valence-corrected chi connectivity index (χ0v) is 12.8. The van der Waals surface area contributed by atoms with Gasteiger partial charge in [0.15, 0.2) is 9.61 Å². The van der Waals surface area contributed by atoms with E-state index in [4.69, 9.17) is 0 Å². The zero-order chi connectivity index (χ0) is 13.1. The first-order valence-corrected chi connectivity index (χ1v) is 8.34. The Bertz CT molecular complexity index is 517. The van der Waals surface area contributed by atoms with E-state index in [1.54, 1.807) is 0 Å². The van der Waals surface area contributed by atoms with Gasteiger partial charge in [0.25, 0.3) is 0 Å². The maximum absolute atomic E-state index is 11.4. The summed E-state index contributed by atoms with van der Waals surface area (Å²) in [7, 11) is 0. The van der Waals surface area contributed by atoms with Crippen molar-refractivity contribution in [2.45, 2.75) is 18.8 Å². The molecule has 4 aliphatic rings. The molecule has 2 atom stereocenters. The van der Waals surface area contributed by atoms with Crippen molar-refractivity contribution < 1.29 is 9.90 Å². The number of hydrogen-bond acceptors (Lipinski definition) is 4. The van der Waals surface area contributed by atoms with Crippen LogP contribution in [0.3, 0.4) is 0 Å². The minimum atomic E-state index is -0.883. The number of aromatic carboxylic acids is 1. The minimum Gasteiger partial charge on any atom is -0.476 e. The van der Waals surface area contributed by atoms with Gasteiger partial charge in [-0.15, -0.1) is 11.3 Å². The Morgan fingerprint density at radius 2 is 2.00 bits per heavy atom. The summed E-state index contributed by atoms with van der Waals surface area (Å²) in [6.45, 7) is 3.55. The summed E-state index contributed by atoms with van der Waals surface area (Å²) in [5.74, 6) is 1.65. The van der Waals surface area contributed by atoms with Gasteiger partial charge < -0.3 is 10.0 Å². The van der Waals surface area contributed by atoms with E-state index in [1.165, 1.54) is 30.7 Å². The smallest absolute Gasteiger partial charge is 0.355 e. The Morgan fingerprint density at radius 3 is 2.58 bits per heavy atom. The van der Waals surface area contributed by atoms with Crippen molar-refractivity contribution in [2.75, 3.05) is 19.6 Å². The van der Waals surface area contributed by atoms with E-state index in [-0.39, 0.29) is 5.69 Å². The molecule has 0 aromatic carbocycles. The van der Waals surface area contributed by atoms with E-state index in [1.807, 2.05) is 0 Å². The van der Waals surface area contributed by atoms with Crippen LogP contribution in [0.5, 0.6) is 0 Å². The molecule has 1 aromatic heterocycles. The molecule has 4 nitrogen and oxygen atoms in total. The number of carboxylic acid groups (broad SMARTS) is 1. The molecule has 1 N–H and O–H groups in total. The second kappa shape index (κ2) is 4.27. The fraction of sp³-hybridized carbons (Fsp3) is 0.692. The SMILES string of the molecule is O=C(O)c1nc(Br)sc1C1C2CC3CC1CN(C3)C2. The zero-order valence-electron chi connectivity index (χ0n) is 10.4. The van der Waals surface area contributed by atoms with Crippen LogP contribution in [0, 0.1) is 17.8 Å². The van der Waals surface area contributed by atoms with E-state index < -0.39 is 5.97 Å². The Morgan fingerprint density at radius 1 is 1.32 bits per heavy atom. The van der Waals surface area contributed by atoms with Crippen molar-refractivity contribution in [3.63, 3.8) is 0 Å². The molecule has 0 spiro atoms. The maximum Gasteiger partial charge on any atom is 0.355 e. The first-order valence-electron chi connectivity index (χ1n) is 6.73. The van der Waals surface area contributed by atoms with E-state index in [2.05, 4.69) is 25.8 Å². The van der Waals surface area contributed by atoms with Crippen LogP contribution < -0.4 is 0 Å². The molecular weight excluding hydrogens is 328 g/mol. The van der Waals surface area contributed by atoms with Crippen LogP contribution in [0.15, 0.2) is 3.92 Å². The highest BCUT2D eigenvalue weighted by molar-refractivity contribution is 9.11. The molecule has 19 heavy (non-hydrogen) atoms. The summed E-state index contributed by atoms with van der Waals surface area (Å²) in [6, 6.07) is 0. The van der Waals surface area contributed by atoms with Gasteiger partial charge in [-0.3, -0.25) is 0 Å². The summed E-state index contributed by atoms with van der Waals surface area (Å²) in [6.07, 6.45) is 2.54. The number of carboxylic acids is 1. The second-order valence-corrected chi connectivity index (χ2v) is 8.39. The van der Waals surface area contributed by atoms with E-state index in [9.17, 15) is 9.90 Å². The van der Waals surface area contributed by atoms with Crippen LogP contribution in [0.1, 0.15) is 34.1 Å². The molecule has 102 valence electrons. The topological polar surface area (TPSA) is 53.4 Å². The predicted molar refractivity (Wildman–Crippen MR) is 75.7 cm³/mol. The third-order valence-corrected chi connectivity index (χ3v) is 6.53. The van der Waals surface area contributed by atoms with Crippen molar-refractivity contribution in [1.29, 1.82) is 0 Å². The molecule has 4 bridgehead atoms. The molecule has 3 aliphatic heterocycles. The van der Waals surface area contributed by atoms with Crippen LogP contribution >= 0.6 is 27.3 Å². The number of piperidine rings is 3. The molecule has 2 unspecified atom stereocenters. The maximum atomic E-state index is 11.4. The van der Waals surface area contributed by atoms with Crippen molar-refractivity contribution in [2.24, 2.45) is 17.8 Å². The Hall–Kier alpha value is -0.460. The molecule has 0 amide bonds. The monoisotopic (exact) mass is 342 g/mol. The van der Waals surface area contributed by atoms with Crippen molar-refractivity contribution >= 4 is 33.2 Å². The summed E-state index contributed by atoms with van der Waals surface area (Å²) in [5.41, 5.74) is 0.282. The fourth-order valence-electron chi connectivity index (χ4n) is 4.52. The number of halogens is 1. The molecule has 0 radical (unpaired) electrons. The lowest BCUT2D eigenvalue weighted by atomic mass is 9.61. The van der Waals surface area contributed by atoms with E-state index in [0.717, 1.165) is 23.9 Å². The highest BCUT2D eigenvalue weighted by atomic mass is 79.9. The lowest BCUT2D eigenvalue weighted by Crippen LogP contribution is -2.56. The van der Waals surface area contributed by atoms with Gasteiger partial charge in [-0.1, -0.05) is 0 Å². The number of nitrogens with zero attached hydrogens (tertiary/aromatic N) is 2. The normalized spacial score (nSPS) is 39.7. The van der Waals surface area contributed by atoms with Crippen molar-refractivity contribution in [1.82, 2.24) is 9.88 Å². The van der Waals surface area contributed by atoms with Gasteiger partial charge in [-0.2, -0.15) is 0 Å². The standard InChI is InChI=1S/C13H15BrN2O2S/c14-13-15-10(12(17)18)11(19-13)9-7-1-6-2-8(9)5-16(3-6)4-7/h6-9H,1-5H2,(H,17,18). The summed E-state index contributed by atoms with van der Waals surface area (Å²) in [5, 5.41) is 9.35. The summed E-state index contributed by atoms with van der Waals surface area (Å²) < 4.78 is 0.703. The van der Waals surface area contributed by atoms with E-state index >= 15 is 0 Å². The van der Waals surface area contributed by atoms with Gasteiger partial charge in [-0.05, 0) is 46.5 Å². The number of hydrogen-bond donors (Lipinski definition) is 1. The largest absolute Gasteiger partial charge is 0.476 e. The van der Waals surface area contributed by atoms with Crippen LogP contribution in [-0.4, -0.2) is 40.6 Å². The average Bonchev–Trinajstić information content (AvgIpc) is 2.70. The quantitative estimate of drug-likeness (QED) is 0.897. The molecule has 1 aliphatic carbocycles.